The second-order valence-corrected chi connectivity index (χ2v) is 4.95. The Bertz CT molecular complexity index is 794. The highest BCUT2D eigenvalue weighted by Crippen LogP contribution is 2.18. The molecule has 0 bridgehead atoms. The van der Waals surface area contributed by atoms with Crippen LogP contribution in [0.3, 0.4) is 0 Å². The first-order valence-electron chi connectivity index (χ1n) is 6.95. The average Bonchev–Trinajstić information content (AvgIpc) is 2.86. The molecule has 1 heterocycles. The average molecular weight is 276 g/mol. The molecule has 0 amide bonds. The van der Waals surface area contributed by atoms with E-state index >= 15 is 0 Å². The van der Waals surface area contributed by atoms with Gasteiger partial charge >= 0.3 is 0 Å². The summed E-state index contributed by atoms with van der Waals surface area (Å²) >= 11 is 0. The van der Waals surface area contributed by atoms with E-state index in [9.17, 15) is 0 Å². The van der Waals surface area contributed by atoms with Gasteiger partial charge in [0.15, 0.2) is 0 Å². The number of nitriles is 1. The van der Waals surface area contributed by atoms with Crippen LogP contribution in [-0.2, 0) is 13.0 Å². The van der Waals surface area contributed by atoms with Gasteiger partial charge in [-0.25, -0.2) is 4.98 Å². The van der Waals surface area contributed by atoms with Crippen LogP contribution in [0.2, 0.25) is 0 Å². The van der Waals surface area contributed by atoms with Crippen LogP contribution in [0, 0.1) is 11.3 Å². The summed E-state index contributed by atoms with van der Waals surface area (Å²) < 4.78 is 2.20. The van der Waals surface area contributed by atoms with Gasteiger partial charge in [-0.2, -0.15) is 5.26 Å². The summed E-state index contributed by atoms with van der Waals surface area (Å²) in [6.45, 7) is 1.32. The molecule has 1 aromatic heterocycles. The van der Waals surface area contributed by atoms with Crippen LogP contribution >= 0.6 is 0 Å². The molecule has 0 saturated carbocycles. The number of nitrogens with zero attached hydrogens (tertiary/aromatic N) is 3. The molecule has 4 nitrogen and oxygen atoms in total. The molecule has 0 radical (unpaired) electrons. The third-order valence-corrected chi connectivity index (χ3v) is 3.53. The van der Waals surface area contributed by atoms with Gasteiger partial charge in [0.1, 0.15) is 5.82 Å². The molecule has 3 rings (SSSR count). The molecular formula is C17H16N4. The highest BCUT2D eigenvalue weighted by molar-refractivity contribution is 5.76. The minimum absolute atomic E-state index is 0.580. The van der Waals surface area contributed by atoms with Crippen molar-refractivity contribution in [3.8, 4) is 6.07 Å². The predicted molar refractivity (Wildman–Crippen MR) is 82.8 cm³/mol. The molecule has 0 atom stereocenters. The summed E-state index contributed by atoms with van der Waals surface area (Å²) in [5.74, 6) is 1.00. The lowest BCUT2D eigenvalue weighted by Crippen LogP contribution is -2.10. The number of hydrogen-bond acceptors (Lipinski definition) is 3. The number of fused-ring (bicyclic) bond motifs is 1. The van der Waals surface area contributed by atoms with E-state index in [0.717, 1.165) is 35.4 Å². The Balaban J connectivity index is 2.01. The molecule has 0 unspecified atom stereocenters. The molecule has 104 valence electrons. The van der Waals surface area contributed by atoms with Gasteiger partial charge in [0.25, 0.3) is 0 Å². The first-order chi connectivity index (χ1) is 10.3. The maximum atomic E-state index is 8.86. The van der Waals surface area contributed by atoms with E-state index in [1.54, 1.807) is 0 Å². The summed E-state index contributed by atoms with van der Waals surface area (Å²) in [6.07, 6.45) is 0.755. The van der Waals surface area contributed by atoms with Gasteiger partial charge in [0.2, 0.25) is 0 Å². The van der Waals surface area contributed by atoms with Crippen molar-refractivity contribution in [1.82, 2.24) is 9.55 Å². The van der Waals surface area contributed by atoms with E-state index in [-0.39, 0.29) is 0 Å². The number of benzene rings is 2. The summed E-state index contributed by atoms with van der Waals surface area (Å²) in [4.78, 5) is 4.66. The molecule has 4 heteroatoms. The highest BCUT2D eigenvalue weighted by atomic mass is 15.1. The van der Waals surface area contributed by atoms with E-state index in [2.05, 4.69) is 21.7 Å². The Labute approximate surface area is 123 Å². The summed E-state index contributed by atoms with van der Waals surface area (Å²) in [5.41, 5.74) is 9.63. The number of aromatic nitrogens is 2. The second kappa shape index (κ2) is 5.78. The van der Waals surface area contributed by atoms with Crippen LogP contribution in [0.1, 0.15) is 17.0 Å². The third kappa shape index (κ3) is 2.64. The summed E-state index contributed by atoms with van der Waals surface area (Å²) in [6, 6.07) is 17.9. The Hall–Kier alpha value is -2.64. The van der Waals surface area contributed by atoms with Crippen LogP contribution in [0.4, 0.5) is 0 Å². The smallest absolute Gasteiger partial charge is 0.111 e. The fraction of sp³-hybridized carbons (Fsp3) is 0.176. The van der Waals surface area contributed by atoms with Crippen LogP contribution in [0.5, 0.6) is 0 Å². The van der Waals surface area contributed by atoms with E-state index in [0.29, 0.717) is 12.1 Å². The van der Waals surface area contributed by atoms with Gasteiger partial charge < -0.3 is 10.3 Å². The molecule has 0 fully saturated rings. The molecule has 0 spiro atoms. The summed E-state index contributed by atoms with van der Waals surface area (Å²) in [5, 5.41) is 8.86. The van der Waals surface area contributed by atoms with Gasteiger partial charge in [-0.3, -0.25) is 0 Å². The Morgan fingerprint density at radius 3 is 2.57 bits per heavy atom. The molecule has 0 aliphatic carbocycles. The monoisotopic (exact) mass is 276 g/mol. The fourth-order valence-electron chi connectivity index (χ4n) is 2.49. The van der Waals surface area contributed by atoms with Crippen molar-refractivity contribution < 1.29 is 0 Å². The maximum absolute atomic E-state index is 8.86. The topological polar surface area (TPSA) is 67.6 Å². The van der Waals surface area contributed by atoms with Gasteiger partial charge in [0, 0.05) is 13.0 Å². The van der Waals surface area contributed by atoms with Crippen LogP contribution in [0.15, 0.2) is 48.5 Å². The van der Waals surface area contributed by atoms with Crippen LogP contribution in [0.25, 0.3) is 11.0 Å². The zero-order chi connectivity index (χ0) is 14.7. The lowest BCUT2D eigenvalue weighted by molar-refractivity contribution is 0.734. The fourth-order valence-corrected chi connectivity index (χ4v) is 2.49. The molecule has 3 aromatic rings. The quantitative estimate of drug-likeness (QED) is 0.796. The minimum atomic E-state index is 0.580. The van der Waals surface area contributed by atoms with Crippen molar-refractivity contribution >= 4 is 11.0 Å². The number of rotatable bonds is 4. The molecular weight excluding hydrogens is 260 g/mol. The number of hydrogen-bond donors (Lipinski definition) is 1. The van der Waals surface area contributed by atoms with Crippen LogP contribution < -0.4 is 5.73 Å². The Morgan fingerprint density at radius 1 is 1.10 bits per heavy atom. The van der Waals surface area contributed by atoms with Crippen molar-refractivity contribution in [3.05, 3.63) is 65.5 Å². The minimum Gasteiger partial charge on any atom is -0.330 e. The summed E-state index contributed by atoms with van der Waals surface area (Å²) in [7, 11) is 0. The molecule has 0 aliphatic heterocycles. The lowest BCUT2D eigenvalue weighted by atomic mass is 10.1. The molecule has 2 N–H and O–H groups in total. The Kier molecular flexibility index (Phi) is 3.67. The molecule has 0 saturated heterocycles. The standard InChI is InChI=1S/C17H16N4/c18-10-9-17-20-15-3-1-2-4-16(15)21(17)12-14-7-5-13(11-19)6-8-14/h1-8H,9-10,12,18H2. The van der Waals surface area contributed by atoms with Crippen molar-refractivity contribution in [3.63, 3.8) is 0 Å². The van der Waals surface area contributed by atoms with E-state index < -0.39 is 0 Å². The number of nitrogens with two attached hydrogens (primary N) is 1. The normalized spacial score (nSPS) is 10.7. The first kappa shape index (κ1) is 13.3. The van der Waals surface area contributed by atoms with E-state index in [1.807, 2.05) is 42.5 Å². The molecule has 21 heavy (non-hydrogen) atoms. The van der Waals surface area contributed by atoms with E-state index in [4.69, 9.17) is 11.0 Å². The maximum Gasteiger partial charge on any atom is 0.111 e. The van der Waals surface area contributed by atoms with Gasteiger partial charge in [-0.15, -0.1) is 0 Å². The molecule has 2 aromatic carbocycles. The second-order valence-electron chi connectivity index (χ2n) is 4.95. The Morgan fingerprint density at radius 2 is 1.86 bits per heavy atom. The largest absolute Gasteiger partial charge is 0.330 e. The van der Waals surface area contributed by atoms with Gasteiger partial charge in [-0.1, -0.05) is 24.3 Å². The zero-order valence-electron chi connectivity index (χ0n) is 11.7. The van der Waals surface area contributed by atoms with Crippen LogP contribution in [-0.4, -0.2) is 16.1 Å². The van der Waals surface area contributed by atoms with Crippen molar-refractivity contribution in [2.75, 3.05) is 6.54 Å². The number of imidazole rings is 1. The van der Waals surface area contributed by atoms with Crippen molar-refractivity contribution in [2.24, 2.45) is 5.73 Å². The SMILES string of the molecule is N#Cc1ccc(Cn2c(CCN)nc3ccccc32)cc1. The van der Waals surface area contributed by atoms with E-state index in [1.165, 1.54) is 0 Å². The van der Waals surface area contributed by atoms with Gasteiger partial charge in [-0.05, 0) is 36.4 Å². The number of para-hydroxylation sites is 2. The molecule has 0 aliphatic rings. The third-order valence-electron chi connectivity index (χ3n) is 3.53. The zero-order valence-corrected chi connectivity index (χ0v) is 11.7. The van der Waals surface area contributed by atoms with Crippen molar-refractivity contribution in [2.45, 2.75) is 13.0 Å². The first-order valence-corrected chi connectivity index (χ1v) is 6.95. The highest BCUT2D eigenvalue weighted by Gasteiger charge is 2.10. The van der Waals surface area contributed by atoms with Crippen molar-refractivity contribution in [1.29, 1.82) is 5.26 Å². The lowest BCUT2D eigenvalue weighted by Gasteiger charge is -2.09. The van der Waals surface area contributed by atoms with Gasteiger partial charge in [0.05, 0.1) is 22.7 Å². The predicted octanol–water partition coefficient (Wildman–Crippen LogP) is 2.46.